The fourth-order valence-electron chi connectivity index (χ4n) is 1.40. The van der Waals surface area contributed by atoms with Gasteiger partial charge in [0.25, 0.3) is 0 Å². The van der Waals surface area contributed by atoms with Gasteiger partial charge in [0.05, 0.1) is 0 Å². The van der Waals surface area contributed by atoms with Crippen molar-refractivity contribution in [3.8, 4) is 0 Å². The zero-order valence-electron chi connectivity index (χ0n) is 8.61. The van der Waals surface area contributed by atoms with Gasteiger partial charge in [-0.05, 0) is 12.2 Å². The predicted octanol–water partition coefficient (Wildman–Crippen LogP) is -4.38. The second-order valence-corrected chi connectivity index (χ2v) is 3.88. The van der Waals surface area contributed by atoms with Crippen LogP contribution in [0.4, 0.5) is 0 Å². The van der Waals surface area contributed by atoms with Crippen molar-refractivity contribution >= 4 is 23.2 Å². The highest BCUT2D eigenvalue weighted by Gasteiger charge is 2.46. The number of thiocarbonyl (C=S) groups is 1. The summed E-state index contributed by atoms with van der Waals surface area (Å²) < 4.78 is 4.99. The molecule has 0 bridgehead atoms. The lowest BCUT2D eigenvalue weighted by molar-refractivity contribution is -0.222. The average Bonchev–Trinajstić information content (AvgIpc) is 2.29. The number of carbonyl (C=O) groups is 1. The minimum absolute atomic E-state index is 0.0686. The number of aliphatic hydroxyl groups is 3. The summed E-state index contributed by atoms with van der Waals surface area (Å²) in [6, 6.07) is 0. The molecule has 1 aliphatic heterocycles. The van der Waals surface area contributed by atoms with E-state index in [0.717, 1.165) is 0 Å². The first-order chi connectivity index (χ1) is 7.88. The Bertz CT molecular complexity index is 317. The van der Waals surface area contributed by atoms with Crippen LogP contribution in [-0.4, -0.2) is 57.0 Å². The van der Waals surface area contributed by atoms with Gasteiger partial charge in [-0.25, -0.2) is 5.84 Å². The second-order valence-electron chi connectivity index (χ2n) is 3.47. The van der Waals surface area contributed by atoms with Crippen LogP contribution in [0.25, 0.3) is 0 Å². The van der Waals surface area contributed by atoms with E-state index < -0.39 is 36.6 Å². The molecular formula is C7H14N4O5S. The van der Waals surface area contributed by atoms with Gasteiger partial charge in [-0.2, -0.15) is 0 Å². The molecular weight excluding hydrogens is 252 g/mol. The topological polar surface area (TPSA) is 163 Å². The Balaban J connectivity index is 2.78. The number of hydrazine groups is 1. The first-order valence-electron chi connectivity index (χ1n) is 4.64. The highest BCUT2D eigenvalue weighted by Crippen LogP contribution is 2.19. The van der Waals surface area contributed by atoms with Crippen molar-refractivity contribution in [1.82, 2.24) is 10.7 Å². The molecule has 0 unspecified atom stereocenters. The maximum Gasteiger partial charge on any atom is 0.249 e. The number of carbonyl (C=O) groups excluding carboxylic acids is 1. The highest BCUT2D eigenvalue weighted by molar-refractivity contribution is 7.80. The molecule has 1 rings (SSSR count). The van der Waals surface area contributed by atoms with Gasteiger partial charge in [0.15, 0.2) is 17.4 Å². The fraction of sp³-hybridized carbons (Fsp3) is 0.714. The summed E-state index contributed by atoms with van der Waals surface area (Å²) in [6.07, 6.45) is -7.37. The molecule has 98 valence electrons. The van der Waals surface area contributed by atoms with Gasteiger partial charge in [-0.1, -0.05) is 0 Å². The van der Waals surface area contributed by atoms with Crippen molar-refractivity contribution in [1.29, 1.82) is 0 Å². The predicted molar refractivity (Wildman–Crippen MR) is 58.9 cm³/mol. The minimum Gasteiger partial charge on any atom is -0.387 e. The Morgan fingerprint density at radius 1 is 1.24 bits per heavy atom. The van der Waals surface area contributed by atoms with Gasteiger partial charge in [0, 0.05) is 0 Å². The van der Waals surface area contributed by atoms with E-state index in [9.17, 15) is 20.1 Å². The number of amides is 1. The lowest BCUT2D eigenvalue weighted by Crippen LogP contribution is -2.65. The second kappa shape index (κ2) is 5.53. The van der Waals surface area contributed by atoms with Crippen LogP contribution in [-0.2, 0) is 9.53 Å². The third kappa shape index (κ3) is 3.00. The van der Waals surface area contributed by atoms with Gasteiger partial charge in [0.1, 0.15) is 18.3 Å². The SMILES string of the molecule is NNC(=S)N[C@@H]1O[C@H](C(N)=O)[C@@H](O)[C@H](O)[C@H]1O. The summed E-state index contributed by atoms with van der Waals surface area (Å²) in [5.74, 6) is 4.03. The van der Waals surface area contributed by atoms with Gasteiger partial charge >= 0.3 is 0 Å². The largest absolute Gasteiger partial charge is 0.387 e. The molecule has 0 saturated carbocycles. The number of aliphatic hydroxyl groups excluding tert-OH is 3. The fourth-order valence-corrected chi connectivity index (χ4v) is 1.52. The third-order valence-corrected chi connectivity index (χ3v) is 2.53. The maximum absolute atomic E-state index is 11.0. The summed E-state index contributed by atoms with van der Waals surface area (Å²) in [5, 5.41) is 30.9. The van der Waals surface area contributed by atoms with E-state index in [0.29, 0.717) is 0 Å². The van der Waals surface area contributed by atoms with E-state index in [1.54, 1.807) is 0 Å². The molecule has 1 heterocycles. The van der Waals surface area contributed by atoms with Crippen LogP contribution in [0.1, 0.15) is 0 Å². The summed E-state index contributed by atoms with van der Waals surface area (Å²) in [6.45, 7) is 0. The molecule has 0 aromatic rings. The van der Waals surface area contributed by atoms with Crippen LogP contribution >= 0.6 is 12.2 Å². The lowest BCUT2D eigenvalue weighted by atomic mass is 9.98. The Kier molecular flexibility index (Phi) is 4.56. The van der Waals surface area contributed by atoms with Crippen molar-refractivity contribution in [3.63, 3.8) is 0 Å². The molecule has 0 aromatic carbocycles. The molecule has 0 radical (unpaired) electrons. The molecule has 17 heavy (non-hydrogen) atoms. The summed E-state index contributed by atoms with van der Waals surface area (Å²) in [4.78, 5) is 11.0. The van der Waals surface area contributed by atoms with Crippen molar-refractivity contribution in [2.45, 2.75) is 30.6 Å². The smallest absolute Gasteiger partial charge is 0.249 e. The first kappa shape index (κ1) is 14.0. The highest BCUT2D eigenvalue weighted by atomic mass is 32.1. The minimum atomic E-state index is -1.61. The van der Waals surface area contributed by atoms with Crippen molar-refractivity contribution in [2.24, 2.45) is 11.6 Å². The normalized spacial score (nSPS) is 37.3. The van der Waals surface area contributed by atoms with E-state index in [2.05, 4.69) is 23.0 Å². The molecule has 0 spiro atoms. The van der Waals surface area contributed by atoms with Crippen LogP contribution in [0.15, 0.2) is 0 Å². The summed E-state index contributed by atoms with van der Waals surface area (Å²) >= 11 is 4.66. The number of hydrogen-bond donors (Lipinski definition) is 7. The van der Waals surface area contributed by atoms with Crippen molar-refractivity contribution in [3.05, 3.63) is 0 Å². The number of hydrogen-bond acceptors (Lipinski definition) is 7. The van der Waals surface area contributed by atoms with E-state index >= 15 is 0 Å². The standard InChI is InChI=1S/C7H14N4O5S/c8-5(15)4-2(13)1(12)3(14)6(16-4)10-7(17)11-9/h1-4,6,12-14H,9H2,(H2,8,15)(H2,10,11,17)/t1-,2-,3+,4-,6+/m0/s1. The molecule has 0 aliphatic carbocycles. The molecule has 1 fully saturated rings. The van der Waals surface area contributed by atoms with Crippen LogP contribution in [0.3, 0.4) is 0 Å². The lowest BCUT2D eigenvalue weighted by Gasteiger charge is -2.39. The van der Waals surface area contributed by atoms with Crippen LogP contribution in [0.5, 0.6) is 0 Å². The Morgan fingerprint density at radius 2 is 1.82 bits per heavy atom. The number of rotatable bonds is 2. The molecule has 1 aliphatic rings. The van der Waals surface area contributed by atoms with E-state index in [-0.39, 0.29) is 5.11 Å². The number of nitrogens with one attached hydrogen (secondary N) is 2. The summed E-state index contributed by atoms with van der Waals surface area (Å²) in [5.41, 5.74) is 7.05. The summed E-state index contributed by atoms with van der Waals surface area (Å²) in [7, 11) is 0. The van der Waals surface area contributed by atoms with Gasteiger partial charge in [0.2, 0.25) is 5.91 Å². The Hall–Kier alpha value is -1.04. The van der Waals surface area contributed by atoms with Crippen LogP contribution < -0.4 is 22.3 Å². The van der Waals surface area contributed by atoms with Crippen LogP contribution in [0, 0.1) is 0 Å². The monoisotopic (exact) mass is 266 g/mol. The maximum atomic E-state index is 11.0. The van der Waals surface area contributed by atoms with Crippen molar-refractivity contribution in [2.75, 3.05) is 0 Å². The molecule has 1 amide bonds. The van der Waals surface area contributed by atoms with E-state index in [4.69, 9.17) is 16.3 Å². The molecule has 9 nitrogen and oxygen atoms in total. The molecule has 0 aromatic heterocycles. The van der Waals surface area contributed by atoms with Crippen LogP contribution in [0.2, 0.25) is 0 Å². The molecule has 9 N–H and O–H groups in total. The quantitative estimate of drug-likeness (QED) is 0.148. The number of nitrogens with two attached hydrogens (primary N) is 2. The van der Waals surface area contributed by atoms with E-state index in [1.165, 1.54) is 0 Å². The average molecular weight is 266 g/mol. The van der Waals surface area contributed by atoms with Gasteiger partial charge < -0.3 is 36.5 Å². The number of ether oxygens (including phenoxy) is 1. The molecule has 10 heteroatoms. The molecule has 1 saturated heterocycles. The van der Waals surface area contributed by atoms with E-state index in [1.807, 2.05) is 0 Å². The van der Waals surface area contributed by atoms with Gasteiger partial charge in [-0.3, -0.25) is 4.79 Å². The third-order valence-electron chi connectivity index (χ3n) is 2.30. The van der Waals surface area contributed by atoms with Gasteiger partial charge in [-0.15, -0.1) is 0 Å². The Morgan fingerprint density at radius 3 is 2.29 bits per heavy atom. The van der Waals surface area contributed by atoms with Crippen molar-refractivity contribution < 1.29 is 24.9 Å². The zero-order valence-corrected chi connectivity index (χ0v) is 9.42. The zero-order chi connectivity index (χ0) is 13.2. The first-order valence-corrected chi connectivity index (χ1v) is 5.05. The Labute approximate surface area is 102 Å². The molecule has 5 atom stereocenters. The number of primary amides is 1.